The first-order valence-electron chi connectivity index (χ1n) is 4.93. The van der Waals surface area contributed by atoms with Crippen LogP contribution in [-0.2, 0) is 0 Å². The van der Waals surface area contributed by atoms with E-state index in [0.717, 1.165) is 21.5 Å². The molecule has 0 spiro atoms. The Balaban J connectivity index is 2.54. The van der Waals surface area contributed by atoms with Crippen LogP contribution in [0.1, 0.15) is 24.0 Å². The SMILES string of the molecule is Cc1c(Br)c(C(C)CN)cc2c1OCO2. The van der Waals surface area contributed by atoms with Crippen LogP contribution >= 0.6 is 15.9 Å². The zero-order valence-electron chi connectivity index (χ0n) is 8.84. The molecular formula is C11H14BrNO2. The van der Waals surface area contributed by atoms with Crippen LogP contribution in [0.4, 0.5) is 0 Å². The highest BCUT2D eigenvalue weighted by Gasteiger charge is 2.22. The third-order valence-corrected chi connectivity index (χ3v) is 3.79. The van der Waals surface area contributed by atoms with Gasteiger partial charge in [0, 0.05) is 10.0 Å². The maximum absolute atomic E-state index is 5.68. The summed E-state index contributed by atoms with van der Waals surface area (Å²) in [5, 5.41) is 0. The van der Waals surface area contributed by atoms with Gasteiger partial charge in [-0.05, 0) is 31.0 Å². The predicted octanol–water partition coefficient (Wildman–Crippen LogP) is 2.55. The lowest BCUT2D eigenvalue weighted by atomic mass is 9.98. The smallest absolute Gasteiger partial charge is 0.231 e. The molecule has 3 nitrogen and oxygen atoms in total. The Morgan fingerprint density at radius 3 is 2.93 bits per heavy atom. The number of nitrogens with two attached hydrogens (primary N) is 1. The Bertz CT molecular complexity index is 393. The summed E-state index contributed by atoms with van der Waals surface area (Å²) in [6.07, 6.45) is 0. The van der Waals surface area contributed by atoms with Crippen molar-refractivity contribution in [2.75, 3.05) is 13.3 Å². The third-order valence-electron chi connectivity index (χ3n) is 2.74. The van der Waals surface area contributed by atoms with Gasteiger partial charge in [0.15, 0.2) is 11.5 Å². The Labute approximate surface area is 97.7 Å². The summed E-state index contributed by atoms with van der Waals surface area (Å²) in [7, 11) is 0. The van der Waals surface area contributed by atoms with Gasteiger partial charge in [-0.2, -0.15) is 0 Å². The lowest BCUT2D eigenvalue weighted by molar-refractivity contribution is 0.173. The lowest BCUT2D eigenvalue weighted by Crippen LogP contribution is -2.09. The highest BCUT2D eigenvalue weighted by molar-refractivity contribution is 9.10. The topological polar surface area (TPSA) is 44.5 Å². The van der Waals surface area contributed by atoms with Gasteiger partial charge in [0.2, 0.25) is 6.79 Å². The predicted molar refractivity (Wildman–Crippen MR) is 62.5 cm³/mol. The summed E-state index contributed by atoms with van der Waals surface area (Å²) in [5.41, 5.74) is 7.94. The summed E-state index contributed by atoms with van der Waals surface area (Å²) >= 11 is 3.58. The molecule has 82 valence electrons. The molecule has 2 rings (SSSR count). The maximum Gasteiger partial charge on any atom is 0.231 e. The molecule has 0 fully saturated rings. The zero-order chi connectivity index (χ0) is 11.0. The van der Waals surface area contributed by atoms with E-state index in [1.54, 1.807) is 0 Å². The van der Waals surface area contributed by atoms with E-state index in [0.29, 0.717) is 19.3 Å². The van der Waals surface area contributed by atoms with Crippen LogP contribution in [0.3, 0.4) is 0 Å². The second-order valence-corrected chi connectivity index (χ2v) is 4.57. The molecule has 0 bridgehead atoms. The van der Waals surface area contributed by atoms with Crippen molar-refractivity contribution in [3.63, 3.8) is 0 Å². The fraction of sp³-hybridized carbons (Fsp3) is 0.455. The molecule has 0 saturated heterocycles. The molecule has 1 aliphatic rings. The normalized spacial score (nSPS) is 15.5. The van der Waals surface area contributed by atoms with Gasteiger partial charge < -0.3 is 15.2 Å². The minimum absolute atomic E-state index is 0.309. The van der Waals surface area contributed by atoms with Gasteiger partial charge >= 0.3 is 0 Å². The molecule has 1 atom stereocenters. The van der Waals surface area contributed by atoms with Gasteiger partial charge in [-0.15, -0.1) is 0 Å². The van der Waals surface area contributed by atoms with E-state index >= 15 is 0 Å². The van der Waals surface area contributed by atoms with Crippen molar-refractivity contribution >= 4 is 15.9 Å². The van der Waals surface area contributed by atoms with Gasteiger partial charge in [0.25, 0.3) is 0 Å². The number of fused-ring (bicyclic) bond motifs is 1. The first kappa shape index (κ1) is 10.8. The van der Waals surface area contributed by atoms with E-state index in [1.807, 2.05) is 13.0 Å². The van der Waals surface area contributed by atoms with Gasteiger partial charge in [0.1, 0.15) is 0 Å². The van der Waals surface area contributed by atoms with E-state index < -0.39 is 0 Å². The summed E-state index contributed by atoms with van der Waals surface area (Å²) in [6.45, 7) is 5.05. The molecular weight excluding hydrogens is 258 g/mol. The van der Waals surface area contributed by atoms with Gasteiger partial charge in [-0.25, -0.2) is 0 Å². The van der Waals surface area contributed by atoms with Crippen molar-refractivity contribution in [3.8, 4) is 11.5 Å². The summed E-state index contributed by atoms with van der Waals surface area (Å²) in [5.74, 6) is 1.98. The van der Waals surface area contributed by atoms with E-state index in [9.17, 15) is 0 Å². The number of hydrogen-bond donors (Lipinski definition) is 1. The average Bonchev–Trinajstić information content (AvgIpc) is 2.70. The Morgan fingerprint density at radius 2 is 2.27 bits per heavy atom. The molecule has 0 aliphatic carbocycles. The minimum Gasteiger partial charge on any atom is -0.454 e. The summed E-state index contributed by atoms with van der Waals surface area (Å²) < 4.78 is 11.9. The fourth-order valence-corrected chi connectivity index (χ4v) is 2.38. The monoisotopic (exact) mass is 271 g/mol. The Hall–Kier alpha value is -0.740. The third kappa shape index (κ3) is 1.72. The number of hydrogen-bond acceptors (Lipinski definition) is 3. The van der Waals surface area contributed by atoms with E-state index in [-0.39, 0.29) is 0 Å². The molecule has 0 saturated carbocycles. The summed E-state index contributed by atoms with van der Waals surface area (Å²) in [6, 6.07) is 2.01. The second kappa shape index (κ2) is 4.02. The van der Waals surface area contributed by atoms with Crippen molar-refractivity contribution in [1.82, 2.24) is 0 Å². The largest absolute Gasteiger partial charge is 0.454 e. The van der Waals surface area contributed by atoms with E-state index in [4.69, 9.17) is 15.2 Å². The molecule has 1 aromatic carbocycles. The van der Waals surface area contributed by atoms with Crippen LogP contribution in [0.25, 0.3) is 0 Å². The number of rotatable bonds is 2. The van der Waals surface area contributed by atoms with Crippen LogP contribution in [0.15, 0.2) is 10.5 Å². The Kier molecular flexibility index (Phi) is 2.89. The average molecular weight is 272 g/mol. The van der Waals surface area contributed by atoms with Crippen LogP contribution in [0.5, 0.6) is 11.5 Å². The van der Waals surface area contributed by atoms with Crippen LogP contribution in [0, 0.1) is 6.92 Å². The van der Waals surface area contributed by atoms with Gasteiger partial charge in [-0.1, -0.05) is 22.9 Å². The molecule has 1 heterocycles. The minimum atomic E-state index is 0.309. The molecule has 1 unspecified atom stereocenters. The molecule has 0 aromatic heterocycles. The van der Waals surface area contributed by atoms with Gasteiger partial charge in [-0.3, -0.25) is 0 Å². The van der Waals surface area contributed by atoms with Crippen LogP contribution < -0.4 is 15.2 Å². The summed E-state index contributed by atoms with van der Waals surface area (Å²) in [4.78, 5) is 0. The van der Waals surface area contributed by atoms with Gasteiger partial charge in [0.05, 0.1) is 0 Å². The highest BCUT2D eigenvalue weighted by atomic mass is 79.9. The van der Waals surface area contributed by atoms with Crippen molar-refractivity contribution in [1.29, 1.82) is 0 Å². The standard InChI is InChI=1S/C11H14BrNO2/c1-6(4-13)8-3-9-11(15-5-14-9)7(2)10(8)12/h3,6H,4-5,13H2,1-2H3. The van der Waals surface area contributed by atoms with Crippen LogP contribution in [-0.4, -0.2) is 13.3 Å². The van der Waals surface area contributed by atoms with Crippen molar-refractivity contribution in [2.45, 2.75) is 19.8 Å². The molecule has 0 radical (unpaired) electrons. The maximum atomic E-state index is 5.68. The highest BCUT2D eigenvalue weighted by Crippen LogP contribution is 2.43. The van der Waals surface area contributed by atoms with Crippen molar-refractivity contribution in [3.05, 3.63) is 21.7 Å². The van der Waals surface area contributed by atoms with Crippen molar-refractivity contribution in [2.24, 2.45) is 5.73 Å². The first-order valence-corrected chi connectivity index (χ1v) is 5.73. The second-order valence-electron chi connectivity index (χ2n) is 3.78. The molecule has 4 heteroatoms. The number of halogens is 1. The number of benzene rings is 1. The van der Waals surface area contributed by atoms with Crippen molar-refractivity contribution < 1.29 is 9.47 Å². The Morgan fingerprint density at radius 1 is 1.53 bits per heavy atom. The molecule has 1 aromatic rings. The van der Waals surface area contributed by atoms with E-state index in [2.05, 4.69) is 22.9 Å². The molecule has 0 amide bonds. The van der Waals surface area contributed by atoms with Crippen LogP contribution in [0.2, 0.25) is 0 Å². The molecule has 15 heavy (non-hydrogen) atoms. The quantitative estimate of drug-likeness (QED) is 0.899. The first-order chi connectivity index (χ1) is 7.15. The fourth-order valence-electron chi connectivity index (χ4n) is 1.70. The molecule has 1 aliphatic heterocycles. The lowest BCUT2D eigenvalue weighted by Gasteiger charge is -2.14. The molecule has 2 N–H and O–H groups in total. The van der Waals surface area contributed by atoms with E-state index in [1.165, 1.54) is 5.56 Å². The number of ether oxygens (including phenoxy) is 2. The zero-order valence-corrected chi connectivity index (χ0v) is 10.4.